The molecular formula is C28H26F6N2O5. The highest BCUT2D eigenvalue weighted by Gasteiger charge is 2.35. The van der Waals surface area contributed by atoms with E-state index in [2.05, 4.69) is 0 Å². The van der Waals surface area contributed by atoms with Crippen molar-refractivity contribution in [2.75, 3.05) is 7.11 Å². The van der Waals surface area contributed by atoms with Crippen LogP contribution in [0.5, 0.6) is 5.75 Å². The van der Waals surface area contributed by atoms with Crippen molar-refractivity contribution in [2.24, 2.45) is 0 Å². The fraction of sp³-hybridized carbons (Fsp3) is 0.321. The number of rotatable bonds is 8. The van der Waals surface area contributed by atoms with Crippen molar-refractivity contribution in [3.8, 4) is 16.9 Å². The van der Waals surface area contributed by atoms with Crippen LogP contribution in [0.15, 0.2) is 54.6 Å². The van der Waals surface area contributed by atoms with Gasteiger partial charge in [-0.1, -0.05) is 26.0 Å². The third-order valence-electron chi connectivity index (χ3n) is 6.63. The number of benzene rings is 3. The summed E-state index contributed by atoms with van der Waals surface area (Å²) in [5, 5.41) is 21.3. The van der Waals surface area contributed by atoms with Crippen LogP contribution in [0.25, 0.3) is 11.1 Å². The molecule has 0 saturated heterocycles. The highest BCUT2D eigenvalue weighted by atomic mass is 19.4. The van der Waals surface area contributed by atoms with Crippen molar-refractivity contribution >= 4 is 11.8 Å². The van der Waals surface area contributed by atoms with Gasteiger partial charge in [0.25, 0.3) is 5.69 Å². The molecule has 0 saturated carbocycles. The molecule has 220 valence electrons. The molecule has 0 heterocycles. The average molecular weight is 585 g/mol. The van der Waals surface area contributed by atoms with Crippen LogP contribution in [0.1, 0.15) is 60.5 Å². The lowest BCUT2D eigenvalue weighted by molar-refractivity contribution is -0.385. The first-order valence-corrected chi connectivity index (χ1v) is 12.2. The normalized spacial score (nSPS) is 12.8. The second-order valence-corrected chi connectivity index (χ2v) is 9.64. The predicted molar refractivity (Wildman–Crippen MR) is 138 cm³/mol. The fourth-order valence-electron chi connectivity index (χ4n) is 4.34. The lowest BCUT2D eigenvalue weighted by Gasteiger charge is -2.29. The van der Waals surface area contributed by atoms with Gasteiger partial charge < -0.3 is 9.84 Å². The molecule has 41 heavy (non-hydrogen) atoms. The van der Waals surface area contributed by atoms with E-state index >= 15 is 0 Å². The van der Waals surface area contributed by atoms with E-state index in [9.17, 15) is 46.4 Å². The van der Waals surface area contributed by atoms with Crippen molar-refractivity contribution in [3.05, 3.63) is 92.5 Å². The van der Waals surface area contributed by atoms with Gasteiger partial charge in [0.2, 0.25) is 0 Å². The van der Waals surface area contributed by atoms with Crippen molar-refractivity contribution in [3.63, 3.8) is 0 Å². The van der Waals surface area contributed by atoms with Crippen LogP contribution < -0.4 is 4.74 Å². The summed E-state index contributed by atoms with van der Waals surface area (Å²) < 4.78 is 86.9. The third kappa shape index (κ3) is 7.08. The molecule has 3 aromatic rings. The summed E-state index contributed by atoms with van der Waals surface area (Å²) in [6.45, 7) is 4.32. The van der Waals surface area contributed by atoms with Crippen molar-refractivity contribution in [1.29, 1.82) is 0 Å². The van der Waals surface area contributed by atoms with Gasteiger partial charge in [-0.15, -0.1) is 0 Å². The number of carbonyl (C=O) groups is 1. The lowest BCUT2D eigenvalue weighted by Crippen LogP contribution is -2.32. The van der Waals surface area contributed by atoms with Crippen LogP contribution in [-0.4, -0.2) is 28.1 Å². The number of nitro benzene ring substituents is 1. The molecule has 1 amide bonds. The Balaban J connectivity index is 2.21. The summed E-state index contributed by atoms with van der Waals surface area (Å²) in [5.41, 5.74) is -2.39. The number of halogens is 6. The highest BCUT2D eigenvalue weighted by molar-refractivity contribution is 5.75. The smallest absolute Gasteiger partial charge is 0.416 e. The van der Waals surface area contributed by atoms with Gasteiger partial charge in [-0.2, -0.15) is 26.3 Å². The zero-order chi connectivity index (χ0) is 30.9. The molecule has 0 aliphatic rings. The molecule has 0 aliphatic heterocycles. The van der Waals surface area contributed by atoms with Gasteiger partial charge in [0.15, 0.2) is 0 Å². The molecule has 0 aliphatic carbocycles. The molecule has 0 radical (unpaired) electrons. The summed E-state index contributed by atoms with van der Waals surface area (Å²) in [5.74, 6) is 0.337. The minimum absolute atomic E-state index is 0.0322. The quantitative estimate of drug-likeness (QED) is 0.162. The summed E-state index contributed by atoms with van der Waals surface area (Å²) in [4.78, 5) is 23.2. The van der Waals surface area contributed by atoms with Crippen molar-refractivity contribution in [1.82, 2.24) is 4.90 Å². The van der Waals surface area contributed by atoms with E-state index in [0.29, 0.717) is 28.3 Å². The topological polar surface area (TPSA) is 92.9 Å². The number of carboxylic acid groups (broad SMARTS) is 1. The summed E-state index contributed by atoms with van der Waals surface area (Å²) in [6.07, 6.45) is -11.4. The number of amides is 1. The Morgan fingerprint density at radius 3 is 2.05 bits per heavy atom. The number of hydrogen-bond acceptors (Lipinski definition) is 4. The maximum absolute atomic E-state index is 13.7. The minimum Gasteiger partial charge on any atom is -0.496 e. The van der Waals surface area contributed by atoms with Crippen LogP contribution in [0, 0.1) is 10.1 Å². The standard InChI is InChI=1S/C28H26F6N2O5/c1-15(2)17-5-8-25(41-4)24(12-17)23-7-6-20(27(29,30)31)10-19(23)14-35(26(37)38)16(3)18-9-21(28(32,33)34)13-22(11-18)36(39)40/h5-13,15-16H,14H2,1-4H3,(H,37,38). The summed E-state index contributed by atoms with van der Waals surface area (Å²) in [7, 11) is 1.36. The van der Waals surface area contributed by atoms with Gasteiger partial charge in [0.05, 0.1) is 35.7 Å². The highest BCUT2D eigenvalue weighted by Crippen LogP contribution is 2.40. The van der Waals surface area contributed by atoms with Gasteiger partial charge >= 0.3 is 18.4 Å². The predicted octanol–water partition coefficient (Wildman–Crippen LogP) is 8.67. The number of alkyl halides is 6. The van der Waals surface area contributed by atoms with E-state index in [-0.39, 0.29) is 22.6 Å². The van der Waals surface area contributed by atoms with Crippen molar-refractivity contribution < 1.29 is 45.9 Å². The van der Waals surface area contributed by atoms with Crippen LogP contribution in [0.4, 0.5) is 36.8 Å². The zero-order valence-electron chi connectivity index (χ0n) is 22.3. The van der Waals surface area contributed by atoms with Gasteiger partial charge in [-0.25, -0.2) is 4.79 Å². The molecule has 0 bridgehead atoms. The zero-order valence-corrected chi connectivity index (χ0v) is 22.3. The lowest BCUT2D eigenvalue weighted by atomic mass is 9.92. The molecule has 3 rings (SSSR count). The Morgan fingerprint density at radius 1 is 0.902 bits per heavy atom. The molecule has 0 fully saturated rings. The van der Waals surface area contributed by atoms with Gasteiger partial charge in [0.1, 0.15) is 5.75 Å². The van der Waals surface area contributed by atoms with E-state index in [1.54, 1.807) is 18.2 Å². The number of methoxy groups -OCH3 is 1. The Kier molecular flexibility index (Phi) is 8.89. The van der Waals surface area contributed by atoms with E-state index in [1.807, 2.05) is 13.8 Å². The molecule has 0 aromatic heterocycles. The first-order chi connectivity index (χ1) is 18.9. The minimum atomic E-state index is -4.97. The molecular weight excluding hydrogens is 558 g/mol. The number of non-ortho nitro benzene ring substituents is 1. The van der Waals surface area contributed by atoms with Gasteiger partial charge in [0, 0.05) is 17.7 Å². The number of nitro groups is 1. The molecule has 1 N–H and O–H groups in total. The first-order valence-electron chi connectivity index (χ1n) is 12.2. The summed E-state index contributed by atoms with van der Waals surface area (Å²) >= 11 is 0. The van der Waals surface area contributed by atoms with Crippen LogP contribution in [0.3, 0.4) is 0 Å². The molecule has 13 heteroatoms. The van der Waals surface area contributed by atoms with E-state index in [1.165, 1.54) is 20.1 Å². The monoisotopic (exact) mass is 584 g/mol. The Morgan fingerprint density at radius 2 is 1.54 bits per heavy atom. The van der Waals surface area contributed by atoms with E-state index < -0.39 is 52.8 Å². The molecule has 1 atom stereocenters. The van der Waals surface area contributed by atoms with Gasteiger partial charge in [-0.05, 0) is 65.4 Å². The maximum Gasteiger partial charge on any atom is 0.416 e. The molecule has 1 unspecified atom stereocenters. The van der Waals surface area contributed by atoms with E-state index in [0.717, 1.165) is 23.8 Å². The van der Waals surface area contributed by atoms with Crippen LogP contribution in [-0.2, 0) is 18.9 Å². The Hall–Kier alpha value is -4.29. The first kappa shape index (κ1) is 31.2. The Labute approximate surface area is 231 Å². The summed E-state index contributed by atoms with van der Waals surface area (Å²) in [6, 6.07) is 8.20. The molecule has 3 aromatic carbocycles. The average Bonchev–Trinajstić information content (AvgIpc) is 2.89. The van der Waals surface area contributed by atoms with Crippen LogP contribution in [0.2, 0.25) is 0 Å². The number of nitrogens with zero attached hydrogens (tertiary/aromatic N) is 2. The SMILES string of the molecule is COc1ccc(C(C)C)cc1-c1ccc(C(F)(F)F)cc1CN(C(=O)O)C(C)c1cc([N+](=O)[O-])cc(C(F)(F)F)c1. The van der Waals surface area contributed by atoms with Crippen LogP contribution >= 0.6 is 0 Å². The third-order valence-corrected chi connectivity index (χ3v) is 6.63. The largest absolute Gasteiger partial charge is 0.496 e. The van der Waals surface area contributed by atoms with Crippen molar-refractivity contribution in [2.45, 2.75) is 51.6 Å². The van der Waals surface area contributed by atoms with E-state index in [4.69, 9.17) is 4.74 Å². The van der Waals surface area contributed by atoms with Gasteiger partial charge in [-0.3, -0.25) is 15.0 Å². The molecule has 0 spiro atoms. The maximum atomic E-state index is 13.7. The number of ether oxygens (including phenoxy) is 1. The molecule has 7 nitrogen and oxygen atoms in total. The Bertz CT molecular complexity index is 1450. The second-order valence-electron chi connectivity index (χ2n) is 9.64. The number of hydrogen-bond donors (Lipinski definition) is 1. The fourth-order valence-corrected chi connectivity index (χ4v) is 4.34. The second kappa shape index (κ2) is 11.7.